The van der Waals surface area contributed by atoms with Gasteiger partial charge in [-0.15, -0.1) is 5.92 Å². The molecule has 0 aliphatic rings. The number of unbranched alkanes of at least 4 members (excludes halogenated alkanes) is 8. The number of ether oxygens (including phenoxy) is 3. The molecule has 322 valence electrons. The number of carbonyl (C=O) groups is 6. The maximum atomic E-state index is 14.2. The monoisotopic (exact) mass is 817 g/mol. The average molecular weight is 818 g/mol. The second kappa shape index (κ2) is 26.7. The second-order valence-corrected chi connectivity index (χ2v) is 15.6. The van der Waals surface area contributed by atoms with E-state index < -0.39 is 65.8 Å². The molecule has 2 aromatic rings. The van der Waals surface area contributed by atoms with E-state index >= 15 is 0 Å². The van der Waals surface area contributed by atoms with E-state index in [2.05, 4.69) is 24.1 Å². The predicted molar refractivity (Wildman–Crippen MR) is 225 cm³/mol. The van der Waals surface area contributed by atoms with Crippen LogP contribution in [0.3, 0.4) is 0 Å². The zero-order valence-corrected chi connectivity index (χ0v) is 35.4. The van der Waals surface area contributed by atoms with Gasteiger partial charge >= 0.3 is 17.9 Å². The first-order chi connectivity index (χ1) is 28.1. The molecule has 12 nitrogen and oxygen atoms in total. The van der Waals surface area contributed by atoms with Crippen molar-refractivity contribution in [2.45, 2.75) is 142 Å². The highest BCUT2D eigenvalue weighted by atomic mass is 16.6. The molecule has 2 aromatic carbocycles. The fourth-order valence-electron chi connectivity index (χ4n) is 6.14. The van der Waals surface area contributed by atoms with Crippen molar-refractivity contribution in [3.8, 4) is 17.6 Å². The summed E-state index contributed by atoms with van der Waals surface area (Å²) in [6.45, 7) is 7.99. The molecule has 0 saturated heterocycles. The molecule has 0 unspecified atom stereocenters. The summed E-state index contributed by atoms with van der Waals surface area (Å²) >= 11 is 0. The van der Waals surface area contributed by atoms with Crippen LogP contribution in [0.1, 0.15) is 134 Å². The van der Waals surface area contributed by atoms with Crippen molar-refractivity contribution in [2.75, 3.05) is 13.2 Å². The van der Waals surface area contributed by atoms with Crippen LogP contribution in [-0.4, -0.2) is 76.1 Å². The van der Waals surface area contributed by atoms with E-state index in [0.717, 1.165) is 44.9 Å². The topological polar surface area (TPSA) is 183 Å². The first-order valence-electron chi connectivity index (χ1n) is 20.6. The molecule has 0 aliphatic carbocycles. The van der Waals surface area contributed by atoms with Gasteiger partial charge in [0, 0.05) is 24.8 Å². The number of Topliss-reactive ketones (excluding diaryl/α,β-unsaturated/α-hetero) is 2. The Bertz CT molecular complexity index is 1730. The lowest BCUT2D eigenvalue weighted by Gasteiger charge is -2.34. The Morgan fingerprint density at radius 3 is 2.07 bits per heavy atom. The fourth-order valence-corrected chi connectivity index (χ4v) is 6.14. The number of hydrogen-bond acceptors (Lipinski definition) is 10. The number of carboxylic acids is 1. The highest BCUT2D eigenvalue weighted by Crippen LogP contribution is 2.29. The molecule has 2 rings (SSSR count). The van der Waals surface area contributed by atoms with Crippen LogP contribution in [0.25, 0.3) is 0 Å². The minimum atomic E-state index is -2.88. The number of carbonyl (C=O) groups excluding carboxylic acids is 5. The van der Waals surface area contributed by atoms with Crippen molar-refractivity contribution in [1.29, 1.82) is 0 Å². The van der Waals surface area contributed by atoms with Crippen LogP contribution in [0.5, 0.6) is 5.75 Å². The predicted octanol–water partition coefficient (Wildman–Crippen LogP) is 7.53. The number of nitrogens with one attached hydrogen (secondary N) is 1. The molecule has 0 saturated carbocycles. The molecular formula is C47H63NO11. The van der Waals surface area contributed by atoms with Gasteiger partial charge in [0.1, 0.15) is 29.8 Å². The smallest absolute Gasteiger partial charge is 0.340 e. The molecule has 12 heteroatoms. The Balaban J connectivity index is 2.32. The lowest BCUT2D eigenvalue weighted by atomic mass is 9.82. The minimum Gasteiger partial charge on any atom is -0.481 e. The normalized spacial score (nSPS) is 13.3. The molecule has 1 amide bonds. The summed E-state index contributed by atoms with van der Waals surface area (Å²) in [6.07, 6.45) is 11.6. The van der Waals surface area contributed by atoms with Crippen LogP contribution in [0.4, 0.5) is 0 Å². The van der Waals surface area contributed by atoms with E-state index in [1.54, 1.807) is 67.6 Å². The summed E-state index contributed by atoms with van der Waals surface area (Å²) in [5, 5.41) is 24.3. The molecule has 3 N–H and O–H groups in total. The number of hydrogen-bond donors (Lipinski definition) is 3. The number of amides is 1. The number of aliphatic carboxylic acids is 1. The van der Waals surface area contributed by atoms with Crippen molar-refractivity contribution >= 4 is 35.4 Å². The molecule has 3 atom stereocenters. The third-order valence-electron chi connectivity index (χ3n) is 9.33. The fraction of sp³-hybridized carbons (Fsp3) is 0.532. The highest BCUT2D eigenvalue weighted by molar-refractivity contribution is 5.99. The van der Waals surface area contributed by atoms with Gasteiger partial charge in [-0.25, -0.2) is 9.59 Å². The standard InChI is InChI=1S/C47H63NO11/c1-6-8-10-13-19-24-37(49)25-20-14-11-12-15-21-26-39(47(56,33-42(51)52)45(55)59-46(3,4)5)43(53)48-40(32-35-27-29-38(30-28-35)57-31-9-7-2)44(54)58-34-41(50)36-22-17-16-18-23-36/h16-18,21-23,26-30,39-40,56H,6,8,10-15,19-20,24-25,31-34H2,1-5H3,(H,48,53)(H,51,52)/b26-21+/t39-,40+,47+/m1/s1. The van der Waals surface area contributed by atoms with Gasteiger partial charge in [-0.2, -0.15) is 0 Å². The van der Waals surface area contributed by atoms with Gasteiger partial charge in [0.2, 0.25) is 5.91 Å². The highest BCUT2D eigenvalue weighted by Gasteiger charge is 2.51. The first-order valence-corrected chi connectivity index (χ1v) is 20.6. The lowest BCUT2D eigenvalue weighted by Crippen LogP contribution is -2.57. The van der Waals surface area contributed by atoms with Crippen molar-refractivity contribution in [1.82, 2.24) is 5.32 Å². The molecule has 0 fully saturated rings. The first kappa shape index (κ1) is 49.9. The quantitative estimate of drug-likeness (QED) is 0.0254. The molecule has 0 aromatic heterocycles. The largest absolute Gasteiger partial charge is 0.481 e. The summed E-state index contributed by atoms with van der Waals surface area (Å²) in [7, 11) is 0. The van der Waals surface area contributed by atoms with E-state index in [-0.39, 0.29) is 18.8 Å². The van der Waals surface area contributed by atoms with Crippen LogP contribution < -0.4 is 10.1 Å². The second-order valence-electron chi connectivity index (χ2n) is 15.6. The Hall–Kier alpha value is -5.28. The summed E-state index contributed by atoms with van der Waals surface area (Å²) in [5.41, 5.74) is -3.16. The Labute approximate surface area is 349 Å². The third-order valence-corrected chi connectivity index (χ3v) is 9.33. The number of esters is 2. The van der Waals surface area contributed by atoms with Gasteiger partial charge < -0.3 is 29.7 Å². The summed E-state index contributed by atoms with van der Waals surface area (Å²) in [6, 6.07) is 13.4. The van der Waals surface area contributed by atoms with E-state index in [4.69, 9.17) is 14.2 Å². The maximum Gasteiger partial charge on any atom is 0.340 e. The van der Waals surface area contributed by atoms with Crippen LogP contribution in [0.15, 0.2) is 66.7 Å². The van der Waals surface area contributed by atoms with Crippen LogP contribution in [0.2, 0.25) is 0 Å². The third kappa shape index (κ3) is 19.8. The van der Waals surface area contributed by atoms with Crippen LogP contribution in [-0.2, 0) is 39.9 Å². The van der Waals surface area contributed by atoms with Gasteiger partial charge in [-0.05, 0) is 71.1 Å². The Morgan fingerprint density at radius 1 is 0.847 bits per heavy atom. The molecule has 0 spiro atoms. The number of benzene rings is 2. The molecule has 0 heterocycles. The maximum absolute atomic E-state index is 14.2. The average Bonchev–Trinajstić information content (AvgIpc) is 3.18. The van der Waals surface area contributed by atoms with E-state index in [9.17, 15) is 39.0 Å². The van der Waals surface area contributed by atoms with Crippen molar-refractivity contribution in [3.05, 3.63) is 77.9 Å². The molecule has 59 heavy (non-hydrogen) atoms. The number of aliphatic hydroxyl groups is 1. The van der Waals surface area contributed by atoms with Gasteiger partial charge in [-0.1, -0.05) is 106 Å². The number of carboxylic acid groups (broad SMARTS) is 1. The van der Waals surface area contributed by atoms with E-state index in [1.807, 2.05) is 0 Å². The number of ketones is 2. The Kier molecular flexibility index (Phi) is 22.5. The van der Waals surface area contributed by atoms with Crippen LogP contribution in [0, 0.1) is 17.8 Å². The zero-order valence-electron chi connectivity index (χ0n) is 35.4. The van der Waals surface area contributed by atoms with Crippen molar-refractivity contribution in [2.24, 2.45) is 5.92 Å². The van der Waals surface area contributed by atoms with Crippen LogP contribution >= 0.6 is 0 Å². The SMILES string of the molecule is CC#CCOc1ccc(C[C@H](NC(=O)[C@@H](/C=C/CCCCCCC(=O)CCCCCCC)[C@@](O)(CC(=O)O)C(=O)OC(C)(C)C)C(=O)OCC(=O)c2ccccc2)cc1. The van der Waals surface area contributed by atoms with Gasteiger partial charge in [0.05, 0.1) is 12.3 Å². The minimum absolute atomic E-state index is 0.138. The molecule has 0 bridgehead atoms. The van der Waals surface area contributed by atoms with Gasteiger partial charge in [0.15, 0.2) is 18.0 Å². The molecular weight excluding hydrogens is 755 g/mol. The van der Waals surface area contributed by atoms with Crippen molar-refractivity contribution in [3.63, 3.8) is 0 Å². The zero-order chi connectivity index (χ0) is 43.7. The summed E-state index contributed by atoms with van der Waals surface area (Å²) in [4.78, 5) is 78.6. The Morgan fingerprint density at radius 2 is 1.47 bits per heavy atom. The number of rotatable bonds is 28. The van der Waals surface area contributed by atoms with E-state index in [0.29, 0.717) is 42.6 Å². The lowest BCUT2D eigenvalue weighted by molar-refractivity contribution is -0.187. The summed E-state index contributed by atoms with van der Waals surface area (Å²) < 4.78 is 16.4. The summed E-state index contributed by atoms with van der Waals surface area (Å²) in [5.74, 6) is -0.901. The van der Waals surface area contributed by atoms with Gasteiger partial charge in [0.25, 0.3) is 0 Å². The molecule has 0 aliphatic heterocycles. The van der Waals surface area contributed by atoms with Crippen molar-refractivity contribution < 1.29 is 53.2 Å². The number of allylic oxidation sites excluding steroid dienone is 1. The van der Waals surface area contributed by atoms with E-state index in [1.165, 1.54) is 33.3 Å². The van der Waals surface area contributed by atoms with Gasteiger partial charge in [-0.3, -0.25) is 19.2 Å². The molecule has 0 radical (unpaired) electrons.